The van der Waals surface area contributed by atoms with Gasteiger partial charge in [-0.2, -0.15) is 0 Å². The highest BCUT2D eigenvalue weighted by atomic mass is 16.7. The summed E-state index contributed by atoms with van der Waals surface area (Å²) in [4.78, 5) is 0. The van der Waals surface area contributed by atoms with Gasteiger partial charge < -0.3 is 14.2 Å². The molecule has 0 amide bonds. The van der Waals surface area contributed by atoms with Crippen molar-refractivity contribution in [1.29, 1.82) is 0 Å². The highest BCUT2D eigenvalue weighted by Crippen LogP contribution is 2.91. The van der Waals surface area contributed by atoms with E-state index in [0.29, 0.717) is 18.3 Å². The first-order valence-corrected chi connectivity index (χ1v) is 10.7. The predicted molar refractivity (Wildman–Crippen MR) is 83.6 cm³/mol. The van der Waals surface area contributed by atoms with Crippen LogP contribution in [-0.4, -0.2) is 31.7 Å². The first kappa shape index (κ1) is 12.3. The molecule has 0 N–H and O–H groups in total. The molecule has 0 unspecified atom stereocenters. The van der Waals surface area contributed by atoms with Gasteiger partial charge in [0.1, 0.15) is 0 Å². The maximum absolute atomic E-state index is 7.02. The molecule has 9 bridgehead atoms. The number of rotatable bonds is 1. The average molecular weight is 326 g/mol. The van der Waals surface area contributed by atoms with E-state index in [1.54, 1.807) is 0 Å². The van der Waals surface area contributed by atoms with Crippen molar-refractivity contribution in [3.05, 3.63) is 0 Å². The van der Waals surface area contributed by atoms with Crippen molar-refractivity contribution in [1.82, 2.24) is 0 Å². The molecule has 0 aromatic rings. The van der Waals surface area contributed by atoms with Crippen LogP contribution in [0.1, 0.15) is 25.7 Å². The van der Waals surface area contributed by atoms with Gasteiger partial charge in [-0.3, -0.25) is 0 Å². The highest BCUT2D eigenvalue weighted by molar-refractivity contribution is 5.38. The van der Waals surface area contributed by atoms with Crippen LogP contribution in [0.4, 0.5) is 0 Å². The van der Waals surface area contributed by atoms with Crippen molar-refractivity contribution in [2.45, 2.75) is 50.3 Å². The van der Waals surface area contributed by atoms with E-state index >= 15 is 0 Å². The number of hydrogen-bond donors (Lipinski definition) is 0. The maximum atomic E-state index is 7.02. The average Bonchev–Trinajstić information content (AvgIpc) is 3.33. The van der Waals surface area contributed by atoms with Crippen molar-refractivity contribution in [3.8, 4) is 0 Å². The third-order valence-electron chi connectivity index (χ3n) is 11.5. The van der Waals surface area contributed by atoms with E-state index < -0.39 is 0 Å². The molecule has 24 heavy (non-hydrogen) atoms. The summed E-state index contributed by atoms with van der Waals surface area (Å²) in [6.07, 6.45) is 7.15. The number of ether oxygens (including phenoxy) is 3. The fourth-order valence-electron chi connectivity index (χ4n) is 12.2. The minimum Gasteiger partial charge on any atom is -0.374 e. The molecule has 3 nitrogen and oxygen atoms in total. The third-order valence-corrected chi connectivity index (χ3v) is 11.5. The van der Waals surface area contributed by atoms with Gasteiger partial charge in [0, 0.05) is 7.11 Å². The third kappa shape index (κ3) is 0.820. The van der Waals surface area contributed by atoms with E-state index in [1.165, 1.54) is 25.7 Å². The quantitative estimate of drug-likeness (QED) is 0.741. The summed E-state index contributed by atoms with van der Waals surface area (Å²) in [6.45, 7) is 0. The van der Waals surface area contributed by atoms with Crippen LogP contribution in [0.25, 0.3) is 0 Å². The van der Waals surface area contributed by atoms with E-state index in [2.05, 4.69) is 0 Å². The molecule has 10 aliphatic rings. The Labute approximate surface area is 142 Å². The Balaban J connectivity index is 1.41. The molecule has 0 radical (unpaired) electrons. The fraction of sp³-hybridized carbons (Fsp3) is 1.00. The second-order valence-electron chi connectivity index (χ2n) is 10.9. The zero-order chi connectivity index (χ0) is 15.1. The maximum Gasteiger partial charge on any atom is 0.166 e. The molecular weight excluding hydrogens is 300 g/mol. The van der Waals surface area contributed by atoms with Gasteiger partial charge in [-0.05, 0) is 90.8 Å². The normalized spacial score (nSPS) is 82.1. The molecule has 10 fully saturated rings. The van der Waals surface area contributed by atoms with Crippen LogP contribution in [0.3, 0.4) is 0 Å². The first-order valence-electron chi connectivity index (χ1n) is 10.7. The van der Waals surface area contributed by atoms with E-state index in [-0.39, 0.29) is 11.7 Å². The lowest BCUT2D eigenvalue weighted by Gasteiger charge is -2.60. The second kappa shape index (κ2) is 3.27. The predicted octanol–water partition coefficient (Wildman–Crippen LogP) is 2.55. The Morgan fingerprint density at radius 2 is 1.50 bits per heavy atom. The van der Waals surface area contributed by atoms with Crippen LogP contribution in [0.2, 0.25) is 0 Å². The van der Waals surface area contributed by atoms with Gasteiger partial charge in [0.2, 0.25) is 0 Å². The molecule has 1 spiro atoms. The molecule has 0 aromatic heterocycles. The SMILES string of the molecule is CO[C@@H]1O[C@H]2CC[C@@H]3[C@H]4[C@@H]5[C@H]6[C@@H]7[C@H]4[C@@H]4O[C@@H]8CC[C@H]([C@@H]78)[C@H]6[C@@]14[C@H]5[C@H]32. The van der Waals surface area contributed by atoms with Gasteiger partial charge in [-0.1, -0.05) is 0 Å². The minimum atomic E-state index is 0.0330. The lowest BCUT2D eigenvalue weighted by atomic mass is 9.53. The molecular formula is C21H26O3. The Morgan fingerprint density at radius 3 is 2.38 bits per heavy atom. The van der Waals surface area contributed by atoms with Crippen LogP contribution in [0.5, 0.6) is 0 Å². The Morgan fingerprint density at radius 1 is 0.708 bits per heavy atom. The van der Waals surface area contributed by atoms with E-state index in [9.17, 15) is 0 Å². The van der Waals surface area contributed by atoms with Crippen molar-refractivity contribution in [2.24, 2.45) is 70.5 Å². The van der Waals surface area contributed by atoms with Crippen LogP contribution in [0, 0.1) is 70.5 Å². The van der Waals surface area contributed by atoms with Gasteiger partial charge in [0.25, 0.3) is 0 Å². The van der Waals surface area contributed by atoms with E-state index in [4.69, 9.17) is 14.2 Å². The van der Waals surface area contributed by atoms with Crippen LogP contribution >= 0.6 is 0 Å². The van der Waals surface area contributed by atoms with Crippen LogP contribution < -0.4 is 0 Å². The van der Waals surface area contributed by atoms with Gasteiger partial charge in [0.05, 0.1) is 23.7 Å². The summed E-state index contributed by atoms with van der Waals surface area (Å²) < 4.78 is 20.0. The zero-order valence-electron chi connectivity index (χ0n) is 14.2. The standard InChI is InChI=1S/C21H26O3/c1-22-20-21-17-7-3-5-8-10(7)13-15(17)14-12(16(13)19(21)23-8)6-2-4-9(24-20)11(6)18(14)21/h6-20H,2-5H2,1H3/t6-,7+,8+,9-,10+,11+,12-,13+,14+,15+,16-,17+,18-,19-,20+,21-/m0/s1. The molecule has 16 atom stereocenters. The molecule has 8 saturated carbocycles. The Hall–Kier alpha value is -0.120. The number of hydrogen-bond acceptors (Lipinski definition) is 3. The lowest BCUT2D eigenvalue weighted by Crippen LogP contribution is -2.66. The van der Waals surface area contributed by atoms with Gasteiger partial charge >= 0.3 is 0 Å². The fourth-order valence-corrected chi connectivity index (χ4v) is 12.2. The van der Waals surface area contributed by atoms with Crippen molar-refractivity contribution in [2.75, 3.05) is 7.11 Å². The Kier molecular flexibility index (Phi) is 1.68. The van der Waals surface area contributed by atoms with Crippen molar-refractivity contribution >= 4 is 0 Å². The van der Waals surface area contributed by atoms with Crippen molar-refractivity contribution in [3.63, 3.8) is 0 Å². The molecule has 128 valence electrons. The summed E-state index contributed by atoms with van der Waals surface area (Å²) >= 11 is 0. The molecule has 8 aliphatic carbocycles. The molecule has 2 saturated heterocycles. The van der Waals surface area contributed by atoms with E-state index in [0.717, 1.165) is 65.1 Å². The van der Waals surface area contributed by atoms with Gasteiger partial charge in [0.15, 0.2) is 6.29 Å². The lowest BCUT2D eigenvalue weighted by molar-refractivity contribution is -0.336. The zero-order valence-corrected chi connectivity index (χ0v) is 14.2. The van der Waals surface area contributed by atoms with Crippen LogP contribution in [-0.2, 0) is 14.2 Å². The topological polar surface area (TPSA) is 27.7 Å². The molecule has 0 aromatic carbocycles. The summed E-state index contributed by atoms with van der Waals surface area (Å²) in [7, 11) is 1.92. The summed E-state index contributed by atoms with van der Waals surface area (Å²) in [6, 6.07) is 0. The molecule has 10 rings (SSSR count). The molecule has 3 heteroatoms. The van der Waals surface area contributed by atoms with E-state index in [1.807, 2.05) is 7.11 Å². The monoisotopic (exact) mass is 326 g/mol. The number of methoxy groups -OCH3 is 1. The van der Waals surface area contributed by atoms with Crippen LogP contribution in [0.15, 0.2) is 0 Å². The molecule has 2 heterocycles. The molecule has 2 aliphatic heterocycles. The minimum absolute atomic E-state index is 0.0330. The smallest absolute Gasteiger partial charge is 0.166 e. The Bertz CT molecular complexity index is 693. The summed E-state index contributed by atoms with van der Waals surface area (Å²) in [5.41, 5.74) is 0.247. The largest absolute Gasteiger partial charge is 0.374 e. The van der Waals surface area contributed by atoms with Gasteiger partial charge in [-0.15, -0.1) is 0 Å². The first-order chi connectivity index (χ1) is 11.9. The highest BCUT2D eigenvalue weighted by Gasteiger charge is 2.92. The summed E-state index contributed by atoms with van der Waals surface area (Å²) in [5, 5.41) is 0. The summed E-state index contributed by atoms with van der Waals surface area (Å²) in [5.74, 6) is 10.5. The van der Waals surface area contributed by atoms with Gasteiger partial charge in [-0.25, -0.2) is 0 Å². The van der Waals surface area contributed by atoms with Crippen molar-refractivity contribution < 1.29 is 14.2 Å². The second-order valence-corrected chi connectivity index (χ2v) is 10.9.